The molecule has 2 aromatic carbocycles. The van der Waals surface area contributed by atoms with Crippen molar-refractivity contribution in [3.05, 3.63) is 54.1 Å². The van der Waals surface area contributed by atoms with Crippen LogP contribution in [0, 0.1) is 6.92 Å². The number of para-hydroxylation sites is 1. The number of unbranched alkanes of at least 4 members (excludes halogenated alkanes) is 1. The third kappa shape index (κ3) is 7.19. The number of nitrogens with one attached hydrogen (secondary N) is 3. The van der Waals surface area contributed by atoms with Gasteiger partial charge in [0, 0.05) is 29.9 Å². The summed E-state index contributed by atoms with van der Waals surface area (Å²) in [4.78, 5) is 34.6. The SMILES string of the molecule is Cc1ccc(NC(=O)Nc2ccccc2)cc1NC(=O)CCCCC(=O)O. The lowest BCUT2D eigenvalue weighted by Gasteiger charge is -2.12. The second-order valence-corrected chi connectivity index (χ2v) is 6.12. The number of urea groups is 1. The van der Waals surface area contributed by atoms with Gasteiger partial charge in [-0.3, -0.25) is 9.59 Å². The van der Waals surface area contributed by atoms with Gasteiger partial charge < -0.3 is 21.1 Å². The Hall–Kier alpha value is -3.35. The van der Waals surface area contributed by atoms with Crippen molar-refractivity contribution >= 4 is 35.0 Å². The third-order valence-corrected chi connectivity index (χ3v) is 3.85. The molecule has 0 spiro atoms. The maximum atomic E-state index is 12.1. The largest absolute Gasteiger partial charge is 0.481 e. The molecule has 0 fully saturated rings. The number of benzene rings is 2. The molecular weight excluding hydrogens is 346 g/mol. The third-order valence-electron chi connectivity index (χ3n) is 3.85. The van der Waals surface area contributed by atoms with E-state index >= 15 is 0 Å². The van der Waals surface area contributed by atoms with Gasteiger partial charge in [0.2, 0.25) is 5.91 Å². The van der Waals surface area contributed by atoms with Gasteiger partial charge in [-0.15, -0.1) is 0 Å². The molecule has 0 saturated heterocycles. The number of carboxylic acid groups (broad SMARTS) is 1. The summed E-state index contributed by atoms with van der Waals surface area (Å²) < 4.78 is 0. The van der Waals surface area contributed by atoms with E-state index in [0.29, 0.717) is 29.9 Å². The molecule has 0 atom stereocenters. The van der Waals surface area contributed by atoms with Gasteiger partial charge in [0.05, 0.1) is 0 Å². The molecule has 7 heteroatoms. The molecule has 2 aromatic rings. The molecule has 3 amide bonds. The summed E-state index contributed by atoms with van der Waals surface area (Å²) in [7, 11) is 0. The molecule has 0 aromatic heterocycles. The van der Waals surface area contributed by atoms with Crippen LogP contribution in [-0.2, 0) is 9.59 Å². The number of carbonyl (C=O) groups excluding carboxylic acids is 2. The summed E-state index contributed by atoms with van der Waals surface area (Å²) >= 11 is 0. The normalized spacial score (nSPS) is 10.1. The number of anilines is 3. The molecule has 27 heavy (non-hydrogen) atoms. The van der Waals surface area contributed by atoms with Crippen molar-refractivity contribution in [2.75, 3.05) is 16.0 Å². The van der Waals surface area contributed by atoms with E-state index in [1.54, 1.807) is 30.3 Å². The summed E-state index contributed by atoms with van der Waals surface area (Å²) in [5.74, 6) is -1.05. The number of hydrogen-bond acceptors (Lipinski definition) is 3. The average molecular weight is 369 g/mol. The Morgan fingerprint density at radius 3 is 2.22 bits per heavy atom. The lowest BCUT2D eigenvalue weighted by Crippen LogP contribution is -2.19. The highest BCUT2D eigenvalue weighted by molar-refractivity contribution is 6.00. The first-order valence-electron chi connectivity index (χ1n) is 8.69. The highest BCUT2D eigenvalue weighted by Crippen LogP contribution is 2.21. The fourth-order valence-corrected chi connectivity index (χ4v) is 2.42. The van der Waals surface area contributed by atoms with Crippen LogP contribution in [0.2, 0.25) is 0 Å². The fourth-order valence-electron chi connectivity index (χ4n) is 2.42. The van der Waals surface area contributed by atoms with E-state index in [1.807, 2.05) is 25.1 Å². The quantitative estimate of drug-likeness (QED) is 0.522. The van der Waals surface area contributed by atoms with Crippen molar-refractivity contribution in [2.24, 2.45) is 0 Å². The lowest BCUT2D eigenvalue weighted by atomic mass is 10.1. The van der Waals surface area contributed by atoms with Crippen LogP contribution in [0.5, 0.6) is 0 Å². The van der Waals surface area contributed by atoms with E-state index in [0.717, 1.165) is 5.56 Å². The van der Waals surface area contributed by atoms with Gasteiger partial charge in [0.25, 0.3) is 0 Å². The van der Waals surface area contributed by atoms with Gasteiger partial charge in [-0.05, 0) is 49.6 Å². The topological polar surface area (TPSA) is 108 Å². The lowest BCUT2D eigenvalue weighted by molar-refractivity contribution is -0.137. The Balaban J connectivity index is 1.90. The number of amides is 3. The summed E-state index contributed by atoms with van der Waals surface area (Å²) in [5.41, 5.74) is 2.70. The van der Waals surface area contributed by atoms with E-state index in [9.17, 15) is 14.4 Å². The van der Waals surface area contributed by atoms with Gasteiger partial charge in [-0.1, -0.05) is 24.3 Å². The first kappa shape index (κ1) is 20.0. The Morgan fingerprint density at radius 1 is 0.852 bits per heavy atom. The van der Waals surface area contributed by atoms with Crippen LogP contribution in [0.4, 0.5) is 21.9 Å². The molecule has 4 N–H and O–H groups in total. The number of hydrogen-bond donors (Lipinski definition) is 4. The molecule has 0 saturated carbocycles. The van der Waals surface area contributed by atoms with Crippen LogP contribution in [0.25, 0.3) is 0 Å². The van der Waals surface area contributed by atoms with Crippen LogP contribution in [-0.4, -0.2) is 23.0 Å². The van der Waals surface area contributed by atoms with E-state index in [2.05, 4.69) is 16.0 Å². The number of carbonyl (C=O) groups is 3. The zero-order chi connectivity index (χ0) is 19.6. The van der Waals surface area contributed by atoms with Gasteiger partial charge in [0.1, 0.15) is 0 Å². The zero-order valence-corrected chi connectivity index (χ0v) is 15.1. The van der Waals surface area contributed by atoms with E-state index in [-0.39, 0.29) is 24.8 Å². The monoisotopic (exact) mass is 369 g/mol. The predicted octanol–water partition coefficient (Wildman–Crippen LogP) is 4.22. The molecule has 7 nitrogen and oxygen atoms in total. The predicted molar refractivity (Wildman–Crippen MR) is 105 cm³/mol. The van der Waals surface area contributed by atoms with Crippen LogP contribution < -0.4 is 16.0 Å². The van der Waals surface area contributed by atoms with E-state index in [4.69, 9.17) is 5.11 Å². The van der Waals surface area contributed by atoms with Crippen LogP contribution in [0.3, 0.4) is 0 Å². The molecule has 142 valence electrons. The van der Waals surface area contributed by atoms with E-state index < -0.39 is 5.97 Å². The Morgan fingerprint density at radius 2 is 1.52 bits per heavy atom. The molecule has 0 aliphatic heterocycles. The van der Waals surface area contributed by atoms with Gasteiger partial charge in [-0.2, -0.15) is 0 Å². The molecule has 2 rings (SSSR count). The smallest absolute Gasteiger partial charge is 0.323 e. The fraction of sp³-hybridized carbons (Fsp3) is 0.250. The zero-order valence-electron chi connectivity index (χ0n) is 15.1. The van der Waals surface area contributed by atoms with Crippen molar-refractivity contribution < 1.29 is 19.5 Å². The van der Waals surface area contributed by atoms with Crippen LogP contribution in [0.1, 0.15) is 31.2 Å². The van der Waals surface area contributed by atoms with Crippen molar-refractivity contribution in [2.45, 2.75) is 32.6 Å². The maximum Gasteiger partial charge on any atom is 0.323 e. The first-order chi connectivity index (χ1) is 12.9. The first-order valence-corrected chi connectivity index (χ1v) is 8.69. The summed E-state index contributed by atoms with van der Waals surface area (Å²) in [5, 5.41) is 16.9. The van der Waals surface area contributed by atoms with Gasteiger partial charge >= 0.3 is 12.0 Å². The van der Waals surface area contributed by atoms with Gasteiger partial charge in [0.15, 0.2) is 0 Å². The minimum atomic E-state index is -0.862. The molecule has 0 aliphatic rings. The van der Waals surface area contributed by atoms with Crippen LogP contribution >= 0.6 is 0 Å². The highest BCUT2D eigenvalue weighted by atomic mass is 16.4. The molecule has 0 bridgehead atoms. The molecule has 0 unspecified atom stereocenters. The van der Waals surface area contributed by atoms with Crippen molar-refractivity contribution in [1.29, 1.82) is 0 Å². The molecular formula is C20H23N3O4. The van der Waals surface area contributed by atoms with Crippen molar-refractivity contribution in [3.63, 3.8) is 0 Å². The molecule has 0 heterocycles. The number of aryl methyl sites for hydroxylation is 1. The molecule has 0 radical (unpaired) electrons. The average Bonchev–Trinajstić information content (AvgIpc) is 2.62. The second kappa shape index (κ2) is 9.96. The minimum Gasteiger partial charge on any atom is -0.481 e. The number of carboxylic acids is 1. The van der Waals surface area contributed by atoms with Crippen molar-refractivity contribution in [1.82, 2.24) is 0 Å². The van der Waals surface area contributed by atoms with Crippen LogP contribution in [0.15, 0.2) is 48.5 Å². The van der Waals surface area contributed by atoms with E-state index in [1.165, 1.54) is 0 Å². The summed E-state index contributed by atoms with van der Waals surface area (Å²) in [6.45, 7) is 1.86. The summed E-state index contributed by atoms with van der Waals surface area (Å²) in [6.07, 6.45) is 1.28. The van der Waals surface area contributed by atoms with Crippen molar-refractivity contribution in [3.8, 4) is 0 Å². The highest BCUT2D eigenvalue weighted by Gasteiger charge is 2.08. The Kier molecular flexibility index (Phi) is 7.37. The Bertz CT molecular complexity index is 806. The van der Waals surface area contributed by atoms with Gasteiger partial charge in [-0.25, -0.2) is 4.79 Å². The number of aliphatic carboxylic acids is 1. The Labute approximate surface area is 157 Å². The maximum absolute atomic E-state index is 12.1. The second-order valence-electron chi connectivity index (χ2n) is 6.12. The standard InChI is InChI=1S/C20H23N3O4/c1-14-11-12-16(22-20(27)21-15-7-3-2-4-8-15)13-17(14)23-18(24)9-5-6-10-19(25)26/h2-4,7-8,11-13H,5-6,9-10H2,1H3,(H,23,24)(H,25,26)(H2,21,22,27). The molecule has 0 aliphatic carbocycles. The summed E-state index contributed by atoms with van der Waals surface area (Å²) in [6, 6.07) is 13.9. The minimum absolute atomic E-state index is 0.0578. The number of rotatable bonds is 8.